The maximum atomic E-state index is 12.1. The van der Waals surface area contributed by atoms with Gasteiger partial charge in [0, 0.05) is 31.1 Å². The van der Waals surface area contributed by atoms with Crippen LogP contribution in [0.25, 0.3) is 0 Å². The molecule has 6 nitrogen and oxygen atoms in total. The van der Waals surface area contributed by atoms with Gasteiger partial charge in [-0.25, -0.2) is 4.98 Å². The summed E-state index contributed by atoms with van der Waals surface area (Å²) in [5.41, 5.74) is 0.745. The van der Waals surface area contributed by atoms with Crippen molar-refractivity contribution in [2.45, 2.75) is 6.04 Å². The van der Waals surface area contributed by atoms with Crippen LogP contribution < -0.4 is 15.5 Å². The molecule has 1 atom stereocenters. The van der Waals surface area contributed by atoms with Crippen LogP contribution in [-0.4, -0.2) is 61.3 Å². The zero-order valence-corrected chi connectivity index (χ0v) is 12.7. The number of rotatable bonds is 3. The summed E-state index contributed by atoms with van der Waals surface area (Å²) in [4.78, 5) is 18.7. The Bertz CT molecular complexity index is 470. The molecule has 0 aromatic carbocycles. The highest BCUT2D eigenvalue weighted by Crippen LogP contribution is 2.16. The molecule has 114 valence electrons. The highest BCUT2D eigenvalue weighted by Gasteiger charge is 2.21. The topological polar surface area (TPSA) is 66.5 Å². The molecule has 0 aliphatic carbocycles. The number of carbonyl (C=O) groups excluding carboxylic acids is 1. The second kappa shape index (κ2) is 7.11. The van der Waals surface area contributed by atoms with E-state index in [-0.39, 0.29) is 11.9 Å². The Balaban J connectivity index is 1.57. The van der Waals surface area contributed by atoms with Crippen LogP contribution in [0.15, 0.2) is 18.3 Å². The van der Waals surface area contributed by atoms with E-state index in [0.717, 1.165) is 55.9 Å². The zero-order valence-electron chi connectivity index (χ0n) is 11.9. The minimum absolute atomic E-state index is 0.0168. The molecule has 0 spiro atoms. The van der Waals surface area contributed by atoms with Gasteiger partial charge in [-0.15, -0.1) is 0 Å². The van der Waals surface area contributed by atoms with Crippen LogP contribution in [0.1, 0.15) is 0 Å². The molecular weight excluding hydrogens is 288 g/mol. The van der Waals surface area contributed by atoms with Crippen LogP contribution in [0.2, 0.25) is 0 Å². The summed E-state index contributed by atoms with van der Waals surface area (Å²) in [6, 6.07) is 3.75. The summed E-state index contributed by atoms with van der Waals surface area (Å²) in [6.45, 7) is 4.09. The molecule has 1 aromatic heterocycles. The zero-order chi connectivity index (χ0) is 14.5. The smallest absolute Gasteiger partial charge is 0.242 e. The lowest BCUT2D eigenvalue weighted by Gasteiger charge is -2.27. The number of nitrogens with one attached hydrogen (secondary N) is 2. The van der Waals surface area contributed by atoms with Gasteiger partial charge in [0.25, 0.3) is 0 Å². The lowest BCUT2D eigenvalue weighted by molar-refractivity contribution is -0.117. The van der Waals surface area contributed by atoms with E-state index in [1.165, 1.54) is 0 Å². The number of aromatic nitrogens is 1. The molecular formula is C14H20N4O2S. The van der Waals surface area contributed by atoms with Gasteiger partial charge in [0.1, 0.15) is 5.82 Å². The summed E-state index contributed by atoms with van der Waals surface area (Å²) < 4.78 is 5.33. The van der Waals surface area contributed by atoms with Crippen molar-refractivity contribution in [2.75, 3.05) is 54.6 Å². The van der Waals surface area contributed by atoms with E-state index >= 15 is 0 Å². The van der Waals surface area contributed by atoms with Crippen LogP contribution in [-0.2, 0) is 9.53 Å². The molecule has 2 saturated heterocycles. The standard InChI is InChI=1S/C14H20N4O2S/c19-14(12-10-21-8-3-15-12)17-11-1-2-13(16-9-11)18-4-6-20-7-5-18/h1-2,9,12,15H,3-8,10H2,(H,17,19). The third-order valence-electron chi connectivity index (χ3n) is 3.59. The lowest BCUT2D eigenvalue weighted by atomic mass is 10.3. The summed E-state index contributed by atoms with van der Waals surface area (Å²) in [5, 5.41) is 6.15. The van der Waals surface area contributed by atoms with Gasteiger partial charge in [-0.3, -0.25) is 4.79 Å². The first kappa shape index (κ1) is 14.6. The van der Waals surface area contributed by atoms with Crippen LogP contribution in [0, 0.1) is 0 Å². The molecule has 0 bridgehead atoms. The van der Waals surface area contributed by atoms with Crippen molar-refractivity contribution in [1.82, 2.24) is 10.3 Å². The Labute approximate surface area is 128 Å². The van der Waals surface area contributed by atoms with Gasteiger partial charge >= 0.3 is 0 Å². The van der Waals surface area contributed by atoms with E-state index in [0.29, 0.717) is 0 Å². The fraction of sp³-hybridized carbons (Fsp3) is 0.571. The number of morpholine rings is 1. The van der Waals surface area contributed by atoms with E-state index in [1.54, 1.807) is 18.0 Å². The molecule has 3 rings (SSSR count). The second-order valence-corrected chi connectivity index (χ2v) is 6.23. The first-order valence-electron chi connectivity index (χ1n) is 7.24. The monoisotopic (exact) mass is 308 g/mol. The Hall–Kier alpha value is -1.31. The van der Waals surface area contributed by atoms with Crippen LogP contribution in [0.4, 0.5) is 11.5 Å². The van der Waals surface area contributed by atoms with Gasteiger partial charge in [0.2, 0.25) is 5.91 Å². The average Bonchev–Trinajstić information content (AvgIpc) is 2.57. The van der Waals surface area contributed by atoms with Gasteiger partial charge in [0.05, 0.1) is 31.1 Å². The third kappa shape index (κ3) is 3.87. The van der Waals surface area contributed by atoms with Gasteiger partial charge in [-0.1, -0.05) is 0 Å². The highest BCUT2D eigenvalue weighted by molar-refractivity contribution is 7.99. The summed E-state index contributed by atoms with van der Waals surface area (Å²) in [7, 11) is 0. The number of nitrogens with zero attached hydrogens (tertiary/aromatic N) is 2. The Morgan fingerprint density at radius 3 is 2.95 bits per heavy atom. The van der Waals surface area contributed by atoms with Crippen molar-refractivity contribution in [3.05, 3.63) is 18.3 Å². The van der Waals surface area contributed by atoms with E-state index in [4.69, 9.17) is 4.74 Å². The molecule has 1 amide bonds. The predicted octanol–water partition coefficient (Wildman–Crippen LogP) is 0.562. The van der Waals surface area contributed by atoms with Crippen molar-refractivity contribution in [3.63, 3.8) is 0 Å². The Morgan fingerprint density at radius 2 is 2.29 bits per heavy atom. The molecule has 0 radical (unpaired) electrons. The molecule has 2 aliphatic heterocycles. The van der Waals surface area contributed by atoms with Crippen LogP contribution >= 0.6 is 11.8 Å². The third-order valence-corrected chi connectivity index (χ3v) is 4.65. The maximum Gasteiger partial charge on any atom is 0.242 e. The molecule has 0 saturated carbocycles. The van der Waals surface area contributed by atoms with Crippen LogP contribution in [0.3, 0.4) is 0 Å². The Morgan fingerprint density at radius 1 is 1.43 bits per heavy atom. The summed E-state index contributed by atoms with van der Waals surface area (Å²) in [5.74, 6) is 2.84. The summed E-state index contributed by atoms with van der Waals surface area (Å²) in [6.07, 6.45) is 1.72. The van der Waals surface area contributed by atoms with Crippen molar-refractivity contribution in [3.8, 4) is 0 Å². The van der Waals surface area contributed by atoms with Crippen LogP contribution in [0.5, 0.6) is 0 Å². The first-order valence-corrected chi connectivity index (χ1v) is 8.39. The van der Waals surface area contributed by atoms with Crippen molar-refractivity contribution in [1.29, 1.82) is 0 Å². The molecule has 7 heteroatoms. The fourth-order valence-electron chi connectivity index (χ4n) is 2.40. The number of amides is 1. The minimum Gasteiger partial charge on any atom is -0.378 e. The SMILES string of the molecule is O=C(Nc1ccc(N2CCOCC2)nc1)C1CSCCN1. The predicted molar refractivity (Wildman–Crippen MR) is 85.0 cm³/mol. The molecule has 3 heterocycles. The van der Waals surface area contributed by atoms with Gasteiger partial charge < -0.3 is 20.3 Å². The minimum atomic E-state index is -0.109. The lowest BCUT2D eigenvalue weighted by Crippen LogP contribution is -2.46. The number of pyridine rings is 1. The number of anilines is 2. The van der Waals surface area contributed by atoms with E-state index in [9.17, 15) is 4.79 Å². The maximum absolute atomic E-state index is 12.1. The first-order chi connectivity index (χ1) is 10.3. The molecule has 2 N–H and O–H groups in total. The van der Waals surface area contributed by atoms with Gasteiger partial charge in [0.15, 0.2) is 0 Å². The van der Waals surface area contributed by atoms with E-state index < -0.39 is 0 Å². The average molecular weight is 308 g/mol. The fourth-order valence-corrected chi connectivity index (χ4v) is 3.34. The highest BCUT2D eigenvalue weighted by atomic mass is 32.2. The van der Waals surface area contributed by atoms with Crippen molar-refractivity contribution >= 4 is 29.2 Å². The number of thioether (sulfide) groups is 1. The number of carbonyl (C=O) groups is 1. The van der Waals surface area contributed by atoms with Gasteiger partial charge in [-0.05, 0) is 12.1 Å². The number of hydrogen-bond donors (Lipinski definition) is 2. The molecule has 1 aromatic rings. The normalized spacial score (nSPS) is 22.9. The van der Waals surface area contributed by atoms with Crippen molar-refractivity contribution < 1.29 is 9.53 Å². The van der Waals surface area contributed by atoms with E-state index in [1.807, 2.05) is 12.1 Å². The number of ether oxygens (including phenoxy) is 1. The van der Waals surface area contributed by atoms with Crippen molar-refractivity contribution in [2.24, 2.45) is 0 Å². The Kier molecular flexibility index (Phi) is 4.95. The molecule has 21 heavy (non-hydrogen) atoms. The number of hydrogen-bond acceptors (Lipinski definition) is 6. The quantitative estimate of drug-likeness (QED) is 0.851. The summed E-state index contributed by atoms with van der Waals surface area (Å²) >= 11 is 1.81. The van der Waals surface area contributed by atoms with Gasteiger partial charge in [-0.2, -0.15) is 11.8 Å². The van der Waals surface area contributed by atoms with E-state index in [2.05, 4.69) is 20.5 Å². The molecule has 1 unspecified atom stereocenters. The molecule has 2 fully saturated rings. The molecule has 2 aliphatic rings. The largest absolute Gasteiger partial charge is 0.378 e. The second-order valence-electron chi connectivity index (χ2n) is 5.08.